The molecule has 2 amide bonds. The lowest BCUT2D eigenvalue weighted by Crippen LogP contribution is -2.43. The van der Waals surface area contributed by atoms with Gasteiger partial charge in [-0.25, -0.2) is 4.79 Å². The average molecular weight is 473 g/mol. The summed E-state index contributed by atoms with van der Waals surface area (Å²) in [6, 6.07) is 14.1. The Labute approximate surface area is 204 Å². The van der Waals surface area contributed by atoms with Crippen LogP contribution in [0.2, 0.25) is 0 Å². The van der Waals surface area contributed by atoms with Crippen LogP contribution in [0.1, 0.15) is 16.8 Å². The van der Waals surface area contributed by atoms with Crippen LogP contribution < -0.4 is 5.06 Å². The Balaban J connectivity index is 1.10. The van der Waals surface area contributed by atoms with Crippen molar-refractivity contribution in [2.24, 2.45) is 0 Å². The van der Waals surface area contributed by atoms with Crippen LogP contribution in [0.5, 0.6) is 0 Å². The van der Waals surface area contributed by atoms with Gasteiger partial charge in [-0.1, -0.05) is 24.3 Å². The van der Waals surface area contributed by atoms with Gasteiger partial charge >= 0.3 is 6.03 Å². The van der Waals surface area contributed by atoms with E-state index in [-0.39, 0.29) is 6.03 Å². The van der Waals surface area contributed by atoms with Gasteiger partial charge < -0.3 is 19.7 Å². The third-order valence-corrected chi connectivity index (χ3v) is 6.52. The summed E-state index contributed by atoms with van der Waals surface area (Å²) < 4.78 is 0. The zero-order valence-corrected chi connectivity index (χ0v) is 19.5. The van der Waals surface area contributed by atoms with Crippen molar-refractivity contribution in [3.63, 3.8) is 0 Å². The molecule has 1 aromatic carbocycles. The fourth-order valence-electron chi connectivity index (χ4n) is 4.65. The van der Waals surface area contributed by atoms with E-state index in [1.807, 2.05) is 18.2 Å². The van der Waals surface area contributed by atoms with E-state index in [1.165, 1.54) is 22.5 Å². The molecule has 1 fully saturated rings. The van der Waals surface area contributed by atoms with Crippen molar-refractivity contribution in [1.29, 1.82) is 5.26 Å². The maximum atomic E-state index is 12.9. The van der Waals surface area contributed by atoms with Crippen molar-refractivity contribution in [1.82, 2.24) is 19.7 Å². The Kier molecular flexibility index (Phi) is 6.66. The molecule has 3 aliphatic rings. The number of anilines is 1. The van der Waals surface area contributed by atoms with Crippen LogP contribution in [-0.2, 0) is 24.3 Å². The van der Waals surface area contributed by atoms with Crippen LogP contribution in [0.3, 0.4) is 0 Å². The van der Waals surface area contributed by atoms with Crippen molar-refractivity contribution in [3.05, 3.63) is 83.5 Å². The quantitative estimate of drug-likeness (QED) is 0.661. The van der Waals surface area contributed by atoms with Gasteiger partial charge in [0.25, 0.3) is 0 Å². The third kappa shape index (κ3) is 5.29. The summed E-state index contributed by atoms with van der Waals surface area (Å²) in [6.45, 7) is 4.25. The second-order valence-electron chi connectivity index (χ2n) is 9.00. The summed E-state index contributed by atoms with van der Waals surface area (Å²) in [5.41, 5.74) is 4.63. The summed E-state index contributed by atoms with van der Waals surface area (Å²) in [6.07, 6.45) is 6.77. The number of aromatic nitrogens is 1. The van der Waals surface area contributed by atoms with Crippen LogP contribution >= 0.6 is 0 Å². The summed E-state index contributed by atoms with van der Waals surface area (Å²) >= 11 is 0. The first kappa shape index (κ1) is 22.9. The number of nitrogens with zero attached hydrogens (tertiary/aromatic N) is 6. The molecule has 0 radical (unpaired) electrons. The Morgan fingerprint density at radius 2 is 1.91 bits per heavy atom. The Bertz CT molecular complexity index is 1170. The number of β-amino-alcohol motifs (C(OH)–C–C–N with tert-alkyl or cyclic N) is 1. The van der Waals surface area contributed by atoms with E-state index in [1.54, 1.807) is 28.3 Å². The Morgan fingerprint density at radius 1 is 1.09 bits per heavy atom. The molecule has 0 saturated carbocycles. The largest absolute Gasteiger partial charge is 0.390 e. The lowest BCUT2D eigenvalue weighted by molar-refractivity contribution is 0.0812. The lowest BCUT2D eigenvalue weighted by Gasteiger charge is -2.31. The van der Waals surface area contributed by atoms with Crippen molar-refractivity contribution < 1.29 is 14.7 Å². The number of carbonyl (C=O) groups is 1. The normalized spacial score (nSPS) is 18.7. The van der Waals surface area contributed by atoms with Gasteiger partial charge in [0.2, 0.25) is 0 Å². The molecule has 9 heteroatoms. The molecule has 1 saturated heterocycles. The van der Waals surface area contributed by atoms with E-state index in [2.05, 4.69) is 34.1 Å². The minimum atomic E-state index is -0.588. The molecule has 1 aromatic heterocycles. The number of fused-ring (bicyclic) bond motifs is 1. The fraction of sp³-hybridized carbons (Fsp3) is 0.346. The highest BCUT2D eigenvalue weighted by atomic mass is 16.7. The molecular weight excluding hydrogens is 444 g/mol. The average Bonchev–Trinajstić information content (AvgIpc) is 3.23. The van der Waals surface area contributed by atoms with Crippen molar-refractivity contribution in [2.45, 2.75) is 25.6 Å². The van der Waals surface area contributed by atoms with Gasteiger partial charge in [-0.15, -0.1) is 0 Å². The number of carbonyl (C=O) groups excluding carboxylic acids is 1. The van der Waals surface area contributed by atoms with Gasteiger partial charge in [0, 0.05) is 45.5 Å². The van der Waals surface area contributed by atoms with E-state index < -0.39 is 6.10 Å². The van der Waals surface area contributed by atoms with Crippen LogP contribution in [0.15, 0.2) is 66.7 Å². The standard InChI is InChI=1S/C26H28N6O3/c27-13-20-7-10-32(35-19-20)24-6-5-23(28-14-24)16-30-11-12-31(26(30)34)18-25(33)17-29-9-8-21-3-1-2-4-22(21)15-29/h1-7,10,14,19,25,33H,8-9,11-12,15-18H2. The van der Waals surface area contributed by atoms with E-state index in [9.17, 15) is 9.90 Å². The van der Waals surface area contributed by atoms with E-state index in [0.29, 0.717) is 38.3 Å². The topological polar surface area (TPSA) is 96.2 Å². The molecule has 35 heavy (non-hydrogen) atoms. The second-order valence-corrected chi connectivity index (χ2v) is 9.00. The Hall–Kier alpha value is -3.87. The molecule has 180 valence electrons. The minimum absolute atomic E-state index is 0.0737. The van der Waals surface area contributed by atoms with Gasteiger partial charge in [0.15, 0.2) is 0 Å². The van der Waals surface area contributed by atoms with Crippen molar-refractivity contribution >= 4 is 11.7 Å². The first-order chi connectivity index (χ1) is 17.1. The van der Waals surface area contributed by atoms with Gasteiger partial charge in [-0.05, 0) is 35.8 Å². The molecule has 1 atom stereocenters. The molecule has 0 aliphatic carbocycles. The number of nitriles is 1. The van der Waals surface area contributed by atoms with Gasteiger partial charge in [0.1, 0.15) is 12.3 Å². The number of aliphatic hydroxyl groups is 1. The first-order valence-corrected chi connectivity index (χ1v) is 11.8. The van der Waals surface area contributed by atoms with Crippen molar-refractivity contribution in [3.8, 4) is 6.07 Å². The summed E-state index contributed by atoms with van der Waals surface area (Å²) in [5.74, 6) is 0. The van der Waals surface area contributed by atoms with Gasteiger partial charge in [-0.3, -0.25) is 9.88 Å². The molecular formula is C26H28N6O3. The van der Waals surface area contributed by atoms with Gasteiger partial charge in [-0.2, -0.15) is 10.3 Å². The summed E-state index contributed by atoms with van der Waals surface area (Å²) in [5, 5.41) is 21.1. The maximum Gasteiger partial charge on any atom is 0.320 e. The molecule has 9 nitrogen and oxygen atoms in total. The number of amides is 2. The number of rotatable bonds is 7. The highest BCUT2D eigenvalue weighted by Crippen LogP contribution is 2.21. The van der Waals surface area contributed by atoms with Gasteiger partial charge in [0.05, 0.1) is 35.8 Å². The number of pyridine rings is 1. The summed E-state index contributed by atoms with van der Waals surface area (Å²) in [4.78, 5) is 28.5. The number of benzene rings is 1. The molecule has 4 heterocycles. The zero-order valence-electron chi connectivity index (χ0n) is 19.5. The zero-order chi connectivity index (χ0) is 24.2. The Morgan fingerprint density at radius 3 is 2.66 bits per heavy atom. The number of allylic oxidation sites excluding steroid dienone is 2. The molecule has 5 rings (SSSR count). The fourth-order valence-corrected chi connectivity index (χ4v) is 4.65. The predicted octanol–water partition coefficient (Wildman–Crippen LogP) is 2.41. The minimum Gasteiger partial charge on any atom is -0.390 e. The van der Waals surface area contributed by atoms with E-state index in [0.717, 1.165) is 30.9 Å². The number of urea groups is 1. The molecule has 1 unspecified atom stereocenters. The molecule has 2 aromatic rings. The monoisotopic (exact) mass is 472 g/mol. The molecule has 3 aliphatic heterocycles. The highest BCUT2D eigenvalue weighted by molar-refractivity contribution is 5.76. The second kappa shape index (κ2) is 10.2. The number of aliphatic hydroxyl groups excluding tert-OH is 1. The van der Waals surface area contributed by atoms with E-state index in [4.69, 9.17) is 10.1 Å². The lowest BCUT2D eigenvalue weighted by atomic mass is 10.00. The highest BCUT2D eigenvalue weighted by Gasteiger charge is 2.30. The number of hydrogen-bond acceptors (Lipinski definition) is 7. The molecule has 0 bridgehead atoms. The number of hydrogen-bond donors (Lipinski definition) is 1. The first-order valence-electron chi connectivity index (χ1n) is 11.8. The number of hydroxylamine groups is 1. The smallest absolute Gasteiger partial charge is 0.320 e. The van der Waals surface area contributed by atoms with Crippen LogP contribution in [0, 0.1) is 11.3 Å². The van der Waals surface area contributed by atoms with Crippen LogP contribution in [0.4, 0.5) is 10.5 Å². The van der Waals surface area contributed by atoms with Crippen molar-refractivity contribution in [2.75, 3.05) is 37.8 Å². The molecule has 1 N–H and O–H groups in total. The van der Waals surface area contributed by atoms with E-state index >= 15 is 0 Å². The van der Waals surface area contributed by atoms with Crippen LogP contribution in [0.25, 0.3) is 0 Å². The SMILES string of the molecule is N#CC1=CON(c2ccc(CN3CCN(CC(O)CN4CCc5ccccc5C4)C3=O)nc2)C=C1. The third-order valence-electron chi connectivity index (χ3n) is 6.52. The predicted molar refractivity (Wildman–Crippen MR) is 129 cm³/mol. The maximum absolute atomic E-state index is 12.9. The van der Waals surface area contributed by atoms with Crippen LogP contribution in [-0.4, -0.2) is 69.6 Å². The molecule has 0 spiro atoms. The summed E-state index contributed by atoms with van der Waals surface area (Å²) in [7, 11) is 0.